The Morgan fingerprint density at radius 1 is 1.03 bits per heavy atom. The van der Waals surface area contributed by atoms with Gasteiger partial charge in [0, 0.05) is 64.0 Å². The lowest BCUT2D eigenvalue weighted by atomic mass is 9.97. The van der Waals surface area contributed by atoms with E-state index in [0.29, 0.717) is 22.7 Å². The maximum atomic E-state index is 13.6. The van der Waals surface area contributed by atoms with Crippen molar-refractivity contribution in [3.63, 3.8) is 0 Å². The third-order valence-electron chi connectivity index (χ3n) is 5.05. The highest BCUT2D eigenvalue weighted by atomic mass is 16.5. The number of aromatic nitrogens is 2. The minimum absolute atomic E-state index is 0.0557. The largest absolute Gasteiger partial charge is 0.497 e. The zero-order chi connectivity index (χ0) is 21.1. The fraction of sp³-hybridized carbons (Fsp3) is 0.167. The number of para-hydroxylation sites is 1. The number of pyridine rings is 1. The lowest BCUT2D eigenvalue weighted by molar-refractivity contribution is 0.0971. The molecule has 0 radical (unpaired) electrons. The lowest BCUT2D eigenvalue weighted by Gasteiger charge is -2.20. The van der Waals surface area contributed by atoms with E-state index in [-0.39, 0.29) is 5.78 Å². The van der Waals surface area contributed by atoms with E-state index in [1.807, 2.05) is 55.5 Å². The Kier molecular flexibility index (Phi) is 5.39. The number of aromatic amines is 1. The van der Waals surface area contributed by atoms with Crippen LogP contribution in [0.2, 0.25) is 0 Å². The highest BCUT2D eigenvalue weighted by Gasteiger charge is 2.25. The number of ketones is 1. The van der Waals surface area contributed by atoms with Gasteiger partial charge in [0.05, 0.1) is 14.2 Å². The Labute approximate surface area is 174 Å². The number of anilines is 1. The van der Waals surface area contributed by atoms with Crippen LogP contribution < -0.4 is 14.8 Å². The number of Topliss-reactive ketones (excluding diaryl/α,β-unsaturated/α-hetero) is 1. The van der Waals surface area contributed by atoms with E-state index in [1.165, 1.54) is 0 Å². The number of hydrogen-bond acceptors (Lipinski definition) is 5. The Morgan fingerprint density at radius 3 is 2.43 bits per heavy atom. The molecule has 0 aliphatic rings. The second-order valence-electron chi connectivity index (χ2n) is 7.02. The smallest absolute Gasteiger partial charge is 0.191 e. The molecule has 1 atom stereocenters. The van der Waals surface area contributed by atoms with E-state index in [1.54, 1.807) is 32.7 Å². The summed E-state index contributed by atoms with van der Waals surface area (Å²) < 4.78 is 10.7. The monoisotopic (exact) mass is 401 g/mol. The minimum atomic E-state index is -0.630. The predicted molar refractivity (Wildman–Crippen MR) is 118 cm³/mol. The molecule has 2 aromatic carbocycles. The second-order valence-corrected chi connectivity index (χ2v) is 7.02. The van der Waals surface area contributed by atoms with Crippen molar-refractivity contribution >= 4 is 22.4 Å². The van der Waals surface area contributed by atoms with Gasteiger partial charge in [0.15, 0.2) is 5.78 Å². The van der Waals surface area contributed by atoms with Gasteiger partial charge in [-0.1, -0.05) is 24.3 Å². The van der Waals surface area contributed by atoms with Gasteiger partial charge in [-0.05, 0) is 19.1 Å². The molecule has 0 aliphatic carbocycles. The quantitative estimate of drug-likeness (QED) is 0.430. The summed E-state index contributed by atoms with van der Waals surface area (Å²) in [4.78, 5) is 21.2. The van der Waals surface area contributed by atoms with Crippen molar-refractivity contribution in [2.24, 2.45) is 0 Å². The van der Waals surface area contributed by atoms with E-state index in [0.717, 1.165) is 22.2 Å². The molecule has 6 heteroatoms. The number of carbonyl (C=O) groups is 1. The summed E-state index contributed by atoms with van der Waals surface area (Å²) in [5.74, 6) is 1.22. The van der Waals surface area contributed by atoms with Crippen LogP contribution in [0.25, 0.3) is 10.9 Å². The van der Waals surface area contributed by atoms with Gasteiger partial charge in [0.2, 0.25) is 0 Å². The van der Waals surface area contributed by atoms with Crippen LogP contribution in [0.5, 0.6) is 11.5 Å². The lowest BCUT2D eigenvalue weighted by Crippen LogP contribution is -2.21. The standard InChI is InChI=1S/C24H23N3O3/c1-15-8-9-16(13-25-15)23(27-17-10-18(29-2)12-19(11-17)30-3)24(28)21-14-26-22-7-5-4-6-20(21)22/h4-14,23,26-27H,1-3H3. The number of hydrogen-bond donors (Lipinski definition) is 2. The van der Waals surface area contributed by atoms with Crippen molar-refractivity contribution in [3.8, 4) is 11.5 Å². The summed E-state index contributed by atoms with van der Waals surface area (Å²) in [5.41, 5.74) is 3.92. The molecule has 2 N–H and O–H groups in total. The van der Waals surface area contributed by atoms with Crippen LogP contribution >= 0.6 is 0 Å². The number of aryl methyl sites for hydroxylation is 1. The number of H-pyrrole nitrogens is 1. The topological polar surface area (TPSA) is 76.2 Å². The number of fused-ring (bicyclic) bond motifs is 1. The van der Waals surface area contributed by atoms with Gasteiger partial charge < -0.3 is 19.8 Å². The van der Waals surface area contributed by atoms with E-state index >= 15 is 0 Å². The van der Waals surface area contributed by atoms with Gasteiger partial charge >= 0.3 is 0 Å². The van der Waals surface area contributed by atoms with Gasteiger partial charge in [-0.25, -0.2) is 0 Å². The molecule has 0 spiro atoms. The summed E-state index contributed by atoms with van der Waals surface area (Å²) in [6.45, 7) is 1.92. The summed E-state index contributed by atoms with van der Waals surface area (Å²) in [6, 6.07) is 16.4. The number of nitrogens with one attached hydrogen (secondary N) is 2. The summed E-state index contributed by atoms with van der Waals surface area (Å²) in [7, 11) is 3.19. The number of benzene rings is 2. The van der Waals surface area contributed by atoms with Crippen molar-refractivity contribution in [2.75, 3.05) is 19.5 Å². The van der Waals surface area contributed by atoms with Gasteiger partial charge in [-0.3, -0.25) is 9.78 Å². The molecule has 0 amide bonds. The van der Waals surface area contributed by atoms with Crippen LogP contribution in [-0.2, 0) is 0 Å². The second kappa shape index (κ2) is 8.29. The van der Waals surface area contributed by atoms with Gasteiger partial charge in [0.25, 0.3) is 0 Å². The van der Waals surface area contributed by atoms with E-state index < -0.39 is 6.04 Å². The van der Waals surface area contributed by atoms with E-state index in [2.05, 4.69) is 15.3 Å². The highest BCUT2D eigenvalue weighted by molar-refractivity contribution is 6.11. The zero-order valence-electron chi connectivity index (χ0n) is 17.1. The molecule has 2 heterocycles. The van der Waals surface area contributed by atoms with Crippen molar-refractivity contribution < 1.29 is 14.3 Å². The van der Waals surface area contributed by atoms with E-state index in [9.17, 15) is 4.79 Å². The van der Waals surface area contributed by atoms with E-state index in [4.69, 9.17) is 9.47 Å². The molecule has 0 fully saturated rings. The third-order valence-corrected chi connectivity index (χ3v) is 5.05. The SMILES string of the molecule is COc1cc(NC(C(=O)c2c[nH]c3ccccc23)c2ccc(C)nc2)cc(OC)c1. The van der Waals surface area contributed by atoms with Gasteiger partial charge in [0.1, 0.15) is 17.5 Å². The fourth-order valence-electron chi connectivity index (χ4n) is 3.44. The first-order chi connectivity index (χ1) is 14.6. The molecule has 6 nitrogen and oxygen atoms in total. The summed E-state index contributed by atoms with van der Waals surface area (Å²) in [5, 5.41) is 4.24. The first-order valence-corrected chi connectivity index (χ1v) is 9.61. The molecule has 0 saturated carbocycles. The van der Waals surface area contributed by atoms with Crippen LogP contribution in [0, 0.1) is 6.92 Å². The zero-order valence-corrected chi connectivity index (χ0v) is 17.1. The van der Waals surface area contributed by atoms with Crippen molar-refractivity contribution in [1.29, 1.82) is 0 Å². The Balaban J connectivity index is 1.77. The normalized spacial score (nSPS) is 11.8. The average molecular weight is 401 g/mol. The number of rotatable bonds is 7. The minimum Gasteiger partial charge on any atom is -0.497 e. The van der Waals surface area contributed by atoms with Crippen molar-refractivity contribution in [3.05, 3.63) is 83.8 Å². The molecule has 152 valence electrons. The Hall–Kier alpha value is -3.80. The molecule has 0 bridgehead atoms. The number of methoxy groups -OCH3 is 2. The van der Waals surface area contributed by atoms with Gasteiger partial charge in [-0.15, -0.1) is 0 Å². The van der Waals surface area contributed by atoms with Crippen LogP contribution in [-0.4, -0.2) is 30.0 Å². The molecular formula is C24H23N3O3. The molecule has 0 saturated heterocycles. The molecule has 1 unspecified atom stereocenters. The summed E-state index contributed by atoms with van der Waals surface area (Å²) >= 11 is 0. The maximum Gasteiger partial charge on any atom is 0.191 e. The average Bonchev–Trinajstić information content (AvgIpc) is 3.21. The number of ether oxygens (including phenoxy) is 2. The molecule has 0 aliphatic heterocycles. The summed E-state index contributed by atoms with van der Waals surface area (Å²) in [6.07, 6.45) is 3.49. The molecule has 4 aromatic rings. The third kappa shape index (κ3) is 3.85. The highest BCUT2D eigenvalue weighted by Crippen LogP contribution is 2.31. The van der Waals surface area contributed by atoms with Crippen LogP contribution in [0.15, 0.2) is 67.0 Å². The number of nitrogens with zero attached hydrogens (tertiary/aromatic N) is 1. The van der Waals surface area contributed by atoms with Crippen molar-refractivity contribution in [2.45, 2.75) is 13.0 Å². The Bertz CT molecular complexity index is 1160. The fourth-order valence-corrected chi connectivity index (χ4v) is 3.44. The predicted octanol–water partition coefficient (Wildman–Crippen LogP) is 4.92. The molecule has 2 aromatic heterocycles. The van der Waals surface area contributed by atoms with Crippen LogP contribution in [0.3, 0.4) is 0 Å². The molecule has 30 heavy (non-hydrogen) atoms. The van der Waals surface area contributed by atoms with Crippen molar-refractivity contribution in [1.82, 2.24) is 9.97 Å². The number of carbonyl (C=O) groups excluding carboxylic acids is 1. The maximum absolute atomic E-state index is 13.6. The molecular weight excluding hydrogens is 378 g/mol. The first-order valence-electron chi connectivity index (χ1n) is 9.61. The van der Waals surface area contributed by atoms with Gasteiger partial charge in [-0.2, -0.15) is 0 Å². The van der Waals surface area contributed by atoms with Crippen LogP contribution in [0.4, 0.5) is 5.69 Å². The first kappa shape index (κ1) is 19.5. The Morgan fingerprint density at radius 2 is 1.77 bits per heavy atom. The molecule has 4 rings (SSSR count). The van der Waals surface area contributed by atoms with Crippen LogP contribution in [0.1, 0.15) is 27.7 Å².